The molecule has 19 heavy (non-hydrogen) atoms. The van der Waals surface area contributed by atoms with Crippen molar-refractivity contribution in [2.24, 2.45) is 5.92 Å². The molecule has 1 aromatic carbocycles. The van der Waals surface area contributed by atoms with Gasteiger partial charge >= 0.3 is 0 Å². The number of rotatable bonds is 6. The van der Waals surface area contributed by atoms with E-state index in [4.69, 9.17) is 4.74 Å². The maximum atomic E-state index is 5.65. The van der Waals surface area contributed by atoms with E-state index >= 15 is 0 Å². The Hall–Kier alpha value is -0.860. The molecule has 0 aromatic heterocycles. The Balaban J connectivity index is 1.93. The van der Waals surface area contributed by atoms with Gasteiger partial charge in [0.1, 0.15) is 0 Å². The van der Waals surface area contributed by atoms with Crippen LogP contribution in [-0.4, -0.2) is 19.8 Å². The quantitative estimate of drug-likeness (QED) is 0.841. The Morgan fingerprint density at radius 1 is 1.21 bits per heavy atom. The SMILES string of the molecule is CCOC1CC(CC(NC)c2cc(C)cc(C)c2)C1. The van der Waals surface area contributed by atoms with Gasteiger partial charge in [0.25, 0.3) is 0 Å². The highest BCUT2D eigenvalue weighted by Gasteiger charge is 2.31. The summed E-state index contributed by atoms with van der Waals surface area (Å²) in [4.78, 5) is 0. The van der Waals surface area contributed by atoms with Gasteiger partial charge in [-0.3, -0.25) is 0 Å². The molecule has 1 N–H and O–H groups in total. The zero-order valence-corrected chi connectivity index (χ0v) is 12.7. The van der Waals surface area contributed by atoms with Crippen LogP contribution in [0.3, 0.4) is 0 Å². The van der Waals surface area contributed by atoms with Crippen LogP contribution in [0.2, 0.25) is 0 Å². The first-order chi connectivity index (χ1) is 9.12. The van der Waals surface area contributed by atoms with Crippen molar-refractivity contribution in [3.8, 4) is 0 Å². The van der Waals surface area contributed by atoms with Crippen LogP contribution in [0.25, 0.3) is 0 Å². The molecule has 106 valence electrons. The third-order valence-electron chi connectivity index (χ3n) is 4.16. The molecular formula is C17H27NO. The summed E-state index contributed by atoms with van der Waals surface area (Å²) >= 11 is 0. The maximum Gasteiger partial charge on any atom is 0.0580 e. The molecule has 0 spiro atoms. The van der Waals surface area contributed by atoms with E-state index in [0.717, 1.165) is 12.5 Å². The zero-order valence-electron chi connectivity index (χ0n) is 12.7. The van der Waals surface area contributed by atoms with Gasteiger partial charge < -0.3 is 10.1 Å². The summed E-state index contributed by atoms with van der Waals surface area (Å²) in [6.45, 7) is 7.29. The average molecular weight is 261 g/mol. The van der Waals surface area contributed by atoms with Gasteiger partial charge in [-0.1, -0.05) is 29.3 Å². The lowest BCUT2D eigenvalue weighted by atomic mass is 9.77. The minimum Gasteiger partial charge on any atom is -0.378 e. The molecule has 2 rings (SSSR count). The first kappa shape index (κ1) is 14.5. The van der Waals surface area contributed by atoms with Crippen LogP contribution in [0.1, 0.15) is 48.9 Å². The molecule has 0 heterocycles. The largest absolute Gasteiger partial charge is 0.378 e. The zero-order chi connectivity index (χ0) is 13.8. The molecular weight excluding hydrogens is 234 g/mol. The van der Waals surface area contributed by atoms with Gasteiger partial charge in [-0.25, -0.2) is 0 Å². The summed E-state index contributed by atoms with van der Waals surface area (Å²) < 4.78 is 5.65. The van der Waals surface area contributed by atoms with Crippen LogP contribution in [-0.2, 0) is 4.74 Å². The highest BCUT2D eigenvalue weighted by molar-refractivity contribution is 5.30. The van der Waals surface area contributed by atoms with Gasteiger partial charge in [0.2, 0.25) is 0 Å². The molecule has 0 radical (unpaired) electrons. The van der Waals surface area contributed by atoms with Gasteiger partial charge in [0, 0.05) is 12.6 Å². The van der Waals surface area contributed by atoms with Crippen molar-refractivity contribution in [2.45, 2.75) is 52.2 Å². The lowest BCUT2D eigenvalue weighted by molar-refractivity contribution is -0.0289. The average Bonchev–Trinajstić information content (AvgIpc) is 2.30. The summed E-state index contributed by atoms with van der Waals surface area (Å²) in [5.41, 5.74) is 4.15. The summed E-state index contributed by atoms with van der Waals surface area (Å²) in [6.07, 6.45) is 4.21. The molecule has 1 saturated carbocycles. The van der Waals surface area contributed by atoms with Crippen molar-refractivity contribution in [3.05, 3.63) is 34.9 Å². The Bertz CT molecular complexity index is 389. The minimum atomic E-state index is 0.478. The fourth-order valence-electron chi connectivity index (χ4n) is 3.20. The normalized spacial score (nSPS) is 24.0. The van der Waals surface area contributed by atoms with Crippen molar-refractivity contribution in [1.82, 2.24) is 5.32 Å². The van der Waals surface area contributed by atoms with E-state index < -0.39 is 0 Å². The predicted molar refractivity (Wildman–Crippen MR) is 80.5 cm³/mol. The Morgan fingerprint density at radius 2 is 1.84 bits per heavy atom. The minimum absolute atomic E-state index is 0.478. The second-order valence-electron chi connectivity index (χ2n) is 5.91. The number of nitrogens with one attached hydrogen (secondary N) is 1. The highest BCUT2D eigenvalue weighted by atomic mass is 16.5. The third-order valence-corrected chi connectivity index (χ3v) is 4.16. The molecule has 2 nitrogen and oxygen atoms in total. The molecule has 0 aliphatic heterocycles. The van der Waals surface area contributed by atoms with E-state index in [1.807, 2.05) is 0 Å². The van der Waals surface area contributed by atoms with Crippen molar-refractivity contribution in [1.29, 1.82) is 0 Å². The molecule has 1 aliphatic carbocycles. The number of ether oxygens (including phenoxy) is 1. The monoisotopic (exact) mass is 261 g/mol. The molecule has 1 fully saturated rings. The number of benzene rings is 1. The second kappa shape index (κ2) is 6.53. The molecule has 0 saturated heterocycles. The summed E-state index contributed by atoms with van der Waals surface area (Å²) in [5, 5.41) is 3.48. The fraction of sp³-hybridized carbons (Fsp3) is 0.647. The smallest absolute Gasteiger partial charge is 0.0580 e. The van der Waals surface area contributed by atoms with Gasteiger partial charge in [-0.05, 0) is 58.6 Å². The third kappa shape index (κ3) is 3.80. The van der Waals surface area contributed by atoms with Crippen LogP contribution >= 0.6 is 0 Å². The van der Waals surface area contributed by atoms with Crippen molar-refractivity contribution < 1.29 is 4.74 Å². The lowest BCUT2D eigenvalue weighted by Crippen LogP contribution is -2.34. The summed E-state index contributed by atoms with van der Waals surface area (Å²) in [7, 11) is 2.07. The number of hydrogen-bond acceptors (Lipinski definition) is 2. The van der Waals surface area contributed by atoms with Crippen molar-refractivity contribution >= 4 is 0 Å². The lowest BCUT2D eigenvalue weighted by Gasteiger charge is -2.37. The fourth-order valence-corrected chi connectivity index (χ4v) is 3.20. The predicted octanol–water partition coefficient (Wildman–Crippen LogP) is 3.77. The van der Waals surface area contributed by atoms with Crippen molar-refractivity contribution in [2.75, 3.05) is 13.7 Å². The van der Waals surface area contributed by atoms with E-state index in [-0.39, 0.29) is 0 Å². The first-order valence-corrected chi connectivity index (χ1v) is 7.49. The molecule has 0 amide bonds. The second-order valence-corrected chi connectivity index (χ2v) is 5.91. The number of hydrogen-bond donors (Lipinski definition) is 1. The molecule has 0 bridgehead atoms. The Kier molecular flexibility index (Phi) is 5.00. The standard InChI is InChI=1S/C17H27NO/c1-5-19-16-9-14(10-16)11-17(18-4)15-7-12(2)6-13(3)8-15/h6-8,14,16-18H,5,9-11H2,1-4H3. The number of aryl methyl sites for hydroxylation is 2. The van der Waals surface area contributed by atoms with Gasteiger partial charge in [-0.15, -0.1) is 0 Å². The Morgan fingerprint density at radius 3 is 2.37 bits per heavy atom. The van der Waals surface area contributed by atoms with E-state index in [2.05, 4.69) is 51.3 Å². The van der Waals surface area contributed by atoms with Crippen LogP contribution in [0.5, 0.6) is 0 Å². The maximum absolute atomic E-state index is 5.65. The molecule has 1 aromatic rings. The summed E-state index contributed by atoms with van der Waals surface area (Å²) in [5.74, 6) is 0.815. The highest BCUT2D eigenvalue weighted by Crippen LogP contribution is 2.37. The van der Waals surface area contributed by atoms with Crippen LogP contribution in [0, 0.1) is 19.8 Å². The van der Waals surface area contributed by atoms with E-state index in [1.54, 1.807) is 0 Å². The van der Waals surface area contributed by atoms with Gasteiger partial charge in [-0.2, -0.15) is 0 Å². The first-order valence-electron chi connectivity index (χ1n) is 7.49. The summed E-state index contributed by atoms with van der Waals surface area (Å²) in [6, 6.07) is 7.34. The van der Waals surface area contributed by atoms with Crippen molar-refractivity contribution in [3.63, 3.8) is 0 Å². The van der Waals surface area contributed by atoms with E-state index in [9.17, 15) is 0 Å². The molecule has 1 unspecified atom stereocenters. The topological polar surface area (TPSA) is 21.3 Å². The molecule has 2 heteroatoms. The van der Waals surface area contributed by atoms with Gasteiger partial charge in [0.15, 0.2) is 0 Å². The molecule has 1 atom stereocenters. The van der Waals surface area contributed by atoms with Gasteiger partial charge in [0.05, 0.1) is 6.10 Å². The van der Waals surface area contributed by atoms with Crippen LogP contribution in [0.15, 0.2) is 18.2 Å². The van der Waals surface area contributed by atoms with Crippen LogP contribution < -0.4 is 5.32 Å². The van der Waals surface area contributed by atoms with E-state index in [0.29, 0.717) is 12.1 Å². The molecule has 1 aliphatic rings. The van der Waals surface area contributed by atoms with Crippen LogP contribution in [0.4, 0.5) is 0 Å². The van der Waals surface area contributed by atoms with E-state index in [1.165, 1.54) is 36.0 Å². The Labute approximate surface area is 117 Å².